The van der Waals surface area contributed by atoms with Crippen LogP contribution in [0.2, 0.25) is 5.15 Å². The topological polar surface area (TPSA) is 90.3 Å². The summed E-state index contributed by atoms with van der Waals surface area (Å²) in [6.07, 6.45) is 1.26. The van der Waals surface area contributed by atoms with Crippen molar-refractivity contribution < 1.29 is 17.4 Å². The van der Waals surface area contributed by atoms with Crippen molar-refractivity contribution in [1.29, 1.82) is 0 Å². The Morgan fingerprint density at radius 3 is 2.48 bits per heavy atom. The molecule has 0 fully saturated rings. The number of hydrogen-bond acceptors (Lipinski definition) is 5. The second-order valence-corrected chi connectivity index (χ2v) is 7.47. The molecule has 3 aromatic rings. The Morgan fingerprint density at radius 1 is 1.15 bits per heavy atom. The number of nitrogens with zero attached hydrogens (tertiary/aromatic N) is 2. The van der Waals surface area contributed by atoms with Gasteiger partial charge in [-0.3, -0.25) is 4.79 Å². The minimum Gasteiger partial charge on any atom is -0.377 e. The molecule has 0 aliphatic heterocycles. The summed E-state index contributed by atoms with van der Waals surface area (Å²) >= 11 is 5.94. The van der Waals surface area contributed by atoms with Gasteiger partial charge in [-0.05, 0) is 17.7 Å². The lowest BCUT2D eigenvalue weighted by atomic mass is 10.1. The quantitative estimate of drug-likeness (QED) is 0.637. The average molecular weight is 406 g/mol. The third kappa shape index (κ3) is 4.29. The highest BCUT2D eigenvalue weighted by molar-refractivity contribution is 7.87. The summed E-state index contributed by atoms with van der Waals surface area (Å²) in [5, 5.41) is 2.24. The number of aryl methyl sites for hydroxylation is 1. The number of amides is 1. The van der Waals surface area contributed by atoms with Gasteiger partial charge in [0.1, 0.15) is 0 Å². The van der Waals surface area contributed by atoms with E-state index in [0.717, 1.165) is 5.56 Å². The highest BCUT2D eigenvalue weighted by Crippen LogP contribution is 2.26. The first-order valence-corrected chi connectivity index (χ1v) is 9.69. The number of benzene rings is 2. The van der Waals surface area contributed by atoms with Crippen molar-refractivity contribution >= 4 is 27.6 Å². The normalized spacial score (nSPS) is 11.2. The number of halogens is 1. The van der Waals surface area contributed by atoms with Gasteiger partial charge in [0.15, 0.2) is 10.9 Å². The van der Waals surface area contributed by atoms with Gasteiger partial charge in [0.25, 0.3) is 5.91 Å². The van der Waals surface area contributed by atoms with Gasteiger partial charge in [-0.15, -0.1) is 0 Å². The number of imidazole rings is 1. The van der Waals surface area contributed by atoms with E-state index in [0.29, 0.717) is 6.54 Å². The predicted molar refractivity (Wildman–Crippen MR) is 100 cm³/mol. The highest BCUT2D eigenvalue weighted by Gasteiger charge is 2.26. The standard InChI is InChI=1S/C18H16ClN3O4S/c1-22-12-21-18(16(22)19)27(24,25)26-15-10-6-5-9-14(15)17(23)20-11-13-7-3-2-4-8-13/h2-10,12H,11H2,1H3,(H,20,23). The van der Waals surface area contributed by atoms with Crippen LogP contribution >= 0.6 is 11.6 Å². The van der Waals surface area contributed by atoms with E-state index in [2.05, 4.69) is 10.3 Å². The van der Waals surface area contributed by atoms with Crippen LogP contribution in [-0.4, -0.2) is 23.9 Å². The van der Waals surface area contributed by atoms with Crippen molar-refractivity contribution in [2.45, 2.75) is 11.6 Å². The molecule has 2 aromatic carbocycles. The van der Waals surface area contributed by atoms with Crippen molar-refractivity contribution in [3.8, 4) is 5.75 Å². The smallest absolute Gasteiger partial charge is 0.360 e. The maximum absolute atomic E-state index is 12.5. The lowest BCUT2D eigenvalue weighted by Gasteiger charge is -2.11. The first-order valence-electron chi connectivity index (χ1n) is 7.91. The molecule has 7 nitrogen and oxygen atoms in total. The molecule has 1 heterocycles. The van der Waals surface area contributed by atoms with Gasteiger partial charge in [0, 0.05) is 13.6 Å². The number of nitrogens with one attached hydrogen (secondary N) is 1. The molecular formula is C18H16ClN3O4S. The van der Waals surface area contributed by atoms with E-state index in [-0.39, 0.29) is 16.5 Å². The van der Waals surface area contributed by atoms with Crippen molar-refractivity contribution in [2.24, 2.45) is 7.05 Å². The van der Waals surface area contributed by atoms with Crippen LogP contribution in [0.15, 0.2) is 66.0 Å². The molecule has 0 saturated carbocycles. The molecule has 9 heteroatoms. The Morgan fingerprint density at radius 2 is 1.81 bits per heavy atom. The van der Waals surface area contributed by atoms with Gasteiger partial charge in [0.2, 0.25) is 5.03 Å². The third-order valence-corrected chi connectivity index (χ3v) is 5.43. The van der Waals surface area contributed by atoms with Crippen molar-refractivity contribution in [2.75, 3.05) is 0 Å². The molecule has 1 aromatic heterocycles. The second kappa shape index (κ2) is 7.81. The lowest BCUT2D eigenvalue weighted by molar-refractivity contribution is 0.0949. The Labute approximate surface area is 161 Å². The molecule has 1 amide bonds. The minimum atomic E-state index is -4.29. The average Bonchev–Trinajstić information content (AvgIpc) is 3.00. The number of carbonyl (C=O) groups is 1. The van der Waals surface area contributed by atoms with Crippen LogP contribution in [0.4, 0.5) is 0 Å². The summed E-state index contributed by atoms with van der Waals surface area (Å²) < 4.78 is 31.4. The van der Waals surface area contributed by atoms with E-state index < -0.39 is 21.1 Å². The van der Waals surface area contributed by atoms with Crippen LogP contribution < -0.4 is 9.50 Å². The predicted octanol–water partition coefficient (Wildman–Crippen LogP) is 2.77. The van der Waals surface area contributed by atoms with Gasteiger partial charge in [-0.2, -0.15) is 8.42 Å². The number of hydrogen-bond donors (Lipinski definition) is 1. The van der Waals surface area contributed by atoms with Gasteiger partial charge < -0.3 is 14.1 Å². The fraction of sp³-hybridized carbons (Fsp3) is 0.111. The fourth-order valence-corrected chi connectivity index (χ4v) is 3.68. The molecule has 0 spiro atoms. The van der Waals surface area contributed by atoms with Gasteiger partial charge in [-0.1, -0.05) is 54.1 Å². The molecule has 0 unspecified atom stereocenters. The molecular weight excluding hydrogens is 390 g/mol. The lowest BCUT2D eigenvalue weighted by Crippen LogP contribution is -2.24. The van der Waals surface area contributed by atoms with Crippen LogP contribution in [0.25, 0.3) is 0 Å². The van der Waals surface area contributed by atoms with Crippen LogP contribution in [0.1, 0.15) is 15.9 Å². The Hall–Kier alpha value is -2.84. The maximum Gasteiger partial charge on any atom is 0.360 e. The van der Waals surface area contributed by atoms with E-state index >= 15 is 0 Å². The van der Waals surface area contributed by atoms with Crippen molar-refractivity contribution in [1.82, 2.24) is 14.9 Å². The molecule has 140 valence electrons. The number of carbonyl (C=O) groups excluding carboxylic acids is 1. The molecule has 0 atom stereocenters. The van der Waals surface area contributed by atoms with E-state index in [1.807, 2.05) is 30.3 Å². The van der Waals surface area contributed by atoms with Gasteiger partial charge in [0.05, 0.1) is 11.9 Å². The third-order valence-electron chi connectivity index (χ3n) is 3.70. The summed E-state index contributed by atoms with van der Waals surface area (Å²) in [6.45, 7) is 0.298. The summed E-state index contributed by atoms with van der Waals surface area (Å²) in [6, 6.07) is 15.4. The molecule has 27 heavy (non-hydrogen) atoms. The van der Waals surface area contributed by atoms with Crippen molar-refractivity contribution in [3.63, 3.8) is 0 Å². The molecule has 3 rings (SSSR count). The summed E-state index contributed by atoms with van der Waals surface area (Å²) in [7, 11) is -2.74. The van der Waals surface area contributed by atoms with Gasteiger partial charge >= 0.3 is 10.1 Å². The van der Waals surface area contributed by atoms with Crippen LogP contribution in [0, 0.1) is 0 Å². The Bertz CT molecular complexity index is 1070. The minimum absolute atomic E-state index is 0.0824. The molecule has 0 bridgehead atoms. The molecule has 0 aliphatic carbocycles. The zero-order chi connectivity index (χ0) is 19.4. The number of aromatic nitrogens is 2. The molecule has 0 aliphatic rings. The SMILES string of the molecule is Cn1cnc(S(=O)(=O)Oc2ccccc2C(=O)NCc2ccccc2)c1Cl. The summed E-state index contributed by atoms with van der Waals surface area (Å²) in [4.78, 5) is 16.3. The van der Waals surface area contributed by atoms with E-state index in [1.54, 1.807) is 19.2 Å². The van der Waals surface area contributed by atoms with E-state index in [4.69, 9.17) is 15.8 Å². The number of rotatable bonds is 6. The second-order valence-electron chi connectivity index (χ2n) is 5.65. The molecule has 0 saturated heterocycles. The summed E-state index contributed by atoms with van der Waals surface area (Å²) in [5.41, 5.74) is 1.00. The van der Waals surface area contributed by atoms with E-state index in [9.17, 15) is 13.2 Å². The van der Waals surface area contributed by atoms with Crippen LogP contribution in [0.3, 0.4) is 0 Å². The zero-order valence-corrected chi connectivity index (χ0v) is 15.9. The van der Waals surface area contributed by atoms with Crippen molar-refractivity contribution in [3.05, 3.63) is 77.2 Å². The van der Waals surface area contributed by atoms with E-state index in [1.165, 1.54) is 23.0 Å². The Balaban J connectivity index is 1.81. The first kappa shape index (κ1) is 18.9. The molecule has 1 N–H and O–H groups in total. The molecule has 0 radical (unpaired) electrons. The van der Waals surface area contributed by atoms with Crippen LogP contribution in [-0.2, 0) is 23.7 Å². The maximum atomic E-state index is 12.5. The number of para-hydroxylation sites is 1. The first-order chi connectivity index (χ1) is 12.9. The summed E-state index contributed by atoms with van der Waals surface area (Å²) in [5.74, 6) is -0.568. The fourth-order valence-electron chi connectivity index (χ4n) is 2.32. The largest absolute Gasteiger partial charge is 0.377 e. The van der Waals surface area contributed by atoms with Crippen LogP contribution in [0.5, 0.6) is 5.75 Å². The monoisotopic (exact) mass is 405 g/mol. The Kier molecular flexibility index (Phi) is 5.48. The zero-order valence-electron chi connectivity index (χ0n) is 14.3. The van der Waals surface area contributed by atoms with Gasteiger partial charge in [-0.25, -0.2) is 4.98 Å². The highest BCUT2D eigenvalue weighted by atomic mass is 35.5.